The van der Waals surface area contributed by atoms with Crippen LogP contribution in [0.25, 0.3) is 0 Å². The summed E-state index contributed by atoms with van der Waals surface area (Å²) >= 11 is 8.66. The molecule has 0 saturated carbocycles. The standard InChI is InChI=1S/C9H14ClN3O2S2/c1-2-15-8(14)6(11)3-4-16-5-7-12-13-9(10)17-7/h6H,2-5,11H2,1H3. The number of esters is 1. The number of hydrogen-bond acceptors (Lipinski definition) is 7. The SMILES string of the molecule is CCOC(=O)C(N)CCSCc1nnc(Cl)s1. The predicted molar refractivity (Wildman–Crippen MR) is 70.3 cm³/mol. The van der Waals surface area contributed by atoms with Gasteiger partial charge in [0.2, 0.25) is 4.47 Å². The third-order valence-electron chi connectivity index (χ3n) is 1.83. The van der Waals surface area contributed by atoms with Gasteiger partial charge in [-0.25, -0.2) is 0 Å². The van der Waals surface area contributed by atoms with Gasteiger partial charge >= 0.3 is 5.97 Å². The maximum atomic E-state index is 11.2. The van der Waals surface area contributed by atoms with Crippen LogP contribution in [0.15, 0.2) is 0 Å². The summed E-state index contributed by atoms with van der Waals surface area (Å²) in [7, 11) is 0. The number of nitrogens with zero attached hydrogens (tertiary/aromatic N) is 2. The molecule has 5 nitrogen and oxygen atoms in total. The molecular weight excluding hydrogens is 282 g/mol. The van der Waals surface area contributed by atoms with Gasteiger partial charge in [-0.2, -0.15) is 11.8 Å². The molecule has 0 amide bonds. The van der Waals surface area contributed by atoms with E-state index in [1.807, 2.05) is 0 Å². The summed E-state index contributed by atoms with van der Waals surface area (Å²) in [5, 5.41) is 8.47. The number of ether oxygens (including phenoxy) is 1. The van der Waals surface area contributed by atoms with Crippen molar-refractivity contribution < 1.29 is 9.53 Å². The van der Waals surface area contributed by atoms with Gasteiger partial charge in [0.15, 0.2) is 0 Å². The number of carbonyl (C=O) groups excluding carboxylic acids is 1. The Morgan fingerprint density at radius 3 is 3.00 bits per heavy atom. The second-order valence-electron chi connectivity index (χ2n) is 3.15. The Kier molecular flexibility index (Phi) is 6.79. The first-order chi connectivity index (χ1) is 8.13. The molecule has 0 fully saturated rings. The van der Waals surface area contributed by atoms with E-state index in [2.05, 4.69) is 10.2 Å². The molecule has 1 aromatic rings. The smallest absolute Gasteiger partial charge is 0.322 e. The Balaban J connectivity index is 2.13. The lowest BCUT2D eigenvalue weighted by atomic mass is 10.2. The molecule has 0 saturated heterocycles. The molecule has 0 aliphatic rings. The molecule has 1 atom stereocenters. The second-order valence-corrected chi connectivity index (χ2v) is 5.90. The van der Waals surface area contributed by atoms with Gasteiger partial charge in [-0.05, 0) is 30.7 Å². The van der Waals surface area contributed by atoms with Gasteiger partial charge in [0.1, 0.15) is 11.0 Å². The molecule has 96 valence electrons. The predicted octanol–water partition coefficient (Wildman–Crippen LogP) is 1.71. The van der Waals surface area contributed by atoms with Gasteiger partial charge in [-0.1, -0.05) is 11.3 Å². The molecular formula is C9H14ClN3O2S2. The molecule has 0 aliphatic heterocycles. The van der Waals surface area contributed by atoms with Crippen LogP contribution in [-0.2, 0) is 15.3 Å². The first-order valence-electron chi connectivity index (χ1n) is 5.11. The molecule has 1 heterocycles. The maximum Gasteiger partial charge on any atom is 0.322 e. The van der Waals surface area contributed by atoms with Crippen LogP contribution in [0, 0.1) is 0 Å². The first-order valence-corrected chi connectivity index (χ1v) is 7.46. The van der Waals surface area contributed by atoms with Gasteiger partial charge < -0.3 is 10.5 Å². The fourth-order valence-electron chi connectivity index (χ4n) is 1.03. The van der Waals surface area contributed by atoms with E-state index >= 15 is 0 Å². The van der Waals surface area contributed by atoms with E-state index in [-0.39, 0.29) is 5.97 Å². The van der Waals surface area contributed by atoms with E-state index < -0.39 is 6.04 Å². The van der Waals surface area contributed by atoms with E-state index in [0.29, 0.717) is 17.5 Å². The monoisotopic (exact) mass is 295 g/mol. The fourth-order valence-corrected chi connectivity index (χ4v) is 2.97. The molecule has 8 heteroatoms. The minimum atomic E-state index is -0.541. The zero-order valence-corrected chi connectivity index (χ0v) is 11.8. The number of rotatable bonds is 7. The molecule has 17 heavy (non-hydrogen) atoms. The molecule has 0 spiro atoms. The highest BCUT2D eigenvalue weighted by atomic mass is 35.5. The molecule has 1 aromatic heterocycles. The summed E-state index contributed by atoms with van der Waals surface area (Å²) in [6.45, 7) is 2.13. The van der Waals surface area contributed by atoms with Crippen LogP contribution in [0.3, 0.4) is 0 Å². The molecule has 0 aromatic carbocycles. The Morgan fingerprint density at radius 1 is 1.65 bits per heavy atom. The van der Waals surface area contributed by atoms with E-state index in [1.54, 1.807) is 18.7 Å². The number of halogens is 1. The van der Waals surface area contributed by atoms with Crippen LogP contribution in [0.5, 0.6) is 0 Å². The first kappa shape index (κ1) is 14.7. The lowest BCUT2D eigenvalue weighted by molar-refractivity contribution is -0.144. The number of hydrogen-bond donors (Lipinski definition) is 1. The fraction of sp³-hybridized carbons (Fsp3) is 0.667. The average Bonchev–Trinajstić information content (AvgIpc) is 2.70. The largest absolute Gasteiger partial charge is 0.465 e. The third kappa shape index (κ3) is 5.67. The van der Waals surface area contributed by atoms with Crippen molar-refractivity contribution in [3.63, 3.8) is 0 Å². The van der Waals surface area contributed by atoms with Gasteiger partial charge in [0.05, 0.1) is 6.61 Å². The maximum absolute atomic E-state index is 11.2. The van der Waals surface area contributed by atoms with Gasteiger partial charge in [-0.15, -0.1) is 10.2 Å². The zero-order valence-electron chi connectivity index (χ0n) is 9.39. The van der Waals surface area contributed by atoms with E-state index in [9.17, 15) is 4.79 Å². The molecule has 1 rings (SSSR count). The van der Waals surface area contributed by atoms with Crippen LogP contribution in [-0.4, -0.2) is 34.6 Å². The minimum absolute atomic E-state index is 0.341. The summed E-state index contributed by atoms with van der Waals surface area (Å²) in [5.74, 6) is 1.17. The van der Waals surface area contributed by atoms with Gasteiger partial charge in [0.25, 0.3) is 0 Å². The summed E-state index contributed by atoms with van der Waals surface area (Å²) in [6.07, 6.45) is 0.593. The van der Waals surface area contributed by atoms with Crippen molar-refractivity contribution in [2.24, 2.45) is 5.73 Å². The van der Waals surface area contributed by atoms with Crippen LogP contribution >= 0.6 is 34.7 Å². The van der Waals surface area contributed by atoms with E-state index in [1.165, 1.54) is 11.3 Å². The topological polar surface area (TPSA) is 78.1 Å². The van der Waals surface area contributed by atoms with Crippen LogP contribution in [0.2, 0.25) is 4.47 Å². The summed E-state index contributed by atoms with van der Waals surface area (Å²) in [5.41, 5.74) is 5.65. The number of nitrogens with two attached hydrogens (primary N) is 1. The van der Waals surface area contributed by atoms with Crippen LogP contribution < -0.4 is 5.73 Å². The summed E-state index contributed by atoms with van der Waals surface area (Å²) < 4.78 is 5.26. The number of aromatic nitrogens is 2. The lowest BCUT2D eigenvalue weighted by Gasteiger charge is -2.09. The summed E-state index contributed by atoms with van der Waals surface area (Å²) in [4.78, 5) is 11.2. The van der Waals surface area contributed by atoms with Gasteiger partial charge in [-0.3, -0.25) is 4.79 Å². The van der Waals surface area contributed by atoms with Crippen molar-refractivity contribution in [2.75, 3.05) is 12.4 Å². The van der Waals surface area contributed by atoms with Crippen molar-refractivity contribution in [3.8, 4) is 0 Å². The molecule has 0 bridgehead atoms. The Hall–Kier alpha value is -0.370. The van der Waals surface area contributed by atoms with Crippen molar-refractivity contribution in [2.45, 2.75) is 25.1 Å². The van der Waals surface area contributed by atoms with Crippen LogP contribution in [0.4, 0.5) is 0 Å². The quantitative estimate of drug-likeness (QED) is 0.609. The summed E-state index contributed by atoms with van der Waals surface area (Å²) in [6, 6.07) is -0.541. The highest BCUT2D eigenvalue weighted by molar-refractivity contribution is 7.98. The Bertz CT molecular complexity index is 362. The van der Waals surface area contributed by atoms with Crippen molar-refractivity contribution in [3.05, 3.63) is 9.47 Å². The highest BCUT2D eigenvalue weighted by Crippen LogP contribution is 2.20. The van der Waals surface area contributed by atoms with Crippen LogP contribution in [0.1, 0.15) is 18.4 Å². The Morgan fingerprint density at radius 2 is 2.41 bits per heavy atom. The normalized spacial score (nSPS) is 12.4. The molecule has 1 unspecified atom stereocenters. The van der Waals surface area contributed by atoms with Crippen molar-refractivity contribution in [1.82, 2.24) is 10.2 Å². The molecule has 2 N–H and O–H groups in total. The third-order valence-corrected chi connectivity index (χ3v) is 4.03. The lowest BCUT2D eigenvalue weighted by Crippen LogP contribution is -2.32. The molecule has 0 aliphatic carbocycles. The van der Waals surface area contributed by atoms with Gasteiger partial charge in [0, 0.05) is 5.75 Å². The average molecular weight is 296 g/mol. The zero-order chi connectivity index (χ0) is 12.7. The number of thioether (sulfide) groups is 1. The van der Waals surface area contributed by atoms with E-state index in [0.717, 1.165) is 16.5 Å². The van der Waals surface area contributed by atoms with Crippen molar-refractivity contribution in [1.29, 1.82) is 0 Å². The molecule has 0 radical (unpaired) electrons. The highest BCUT2D eigenvalue weighted by Gasteiger charge is 2.13. The number of carbonyl (C=O) groups is 1. The van der Waals surface area contributed by atoms with E-state index in [4.69, 9.17) is 22.1 Å². The second kappa shape index (κ2) is 7.86. The minimum Gasteiger partial charge on any atom is -0.465 e. The van der Waals surface area contributed by atoms with Crippen molar-refractivity contribution >= 4 is 40.7 Å². The Labute approximate surface area is 113 Å².